The van der Waals surface area contributed by atoms with Gasteiger partial charge in [0.1, 0.15) is 11.9 Å². The fraction of sp³-hybridized carbons (Fsp3) is 0.455. The van der Waals surface area contributed by atoms with Crippen LogP contribution in [-0.2, 0) is 6.61 Å². The van der Waals surface area contributed by atoms with Crippen LogP contribution in [0.1, 0.15) is 37.0 Å². The number of anilines is 2. The minimum Gasteiger partial charge on any atom is -0.474 e. The van der Waals surface area contributed by atoms with Crippen molar-refractivity contribution in [3.05, 3.63) is 35.5 Å². The maximum atomic E-state index is 9.28. The van der Waals surface area contributed by atoms with Gasteiger partial charge in [-0.15, -0.1) is 0 Å². The van der Waals surface area contributed by atoms with Crippen LogP contribution in [0.4, 0.5) is 10.9 Å². The van der Waals surface area contributed by atoms with Gasteiger partial charge < -0.3 is 15.2 Å². The van der Waals surface area contributed by atoms with E-state index in [2.05, 4.69) is 26.3 Å². The molecule has 2 saturated heterocycles. The molecule has 2 aliphatic heterocycles. The van der Waals surface area contributed by atoms with Gasteiger partial charge in [-0.25, -0.2) is 4.98 Å². The van der Waals surface area contributed by atoms with E-state index in [9.17, 15) is 5.11 Å². The molecule has 160 valence electrons. The van der Waals surface area contributed by atoms with Gasteiger partial charge >= 0.3 is 0 Å². The molecule has 3 aromatic rings. The molecule has 9 heteroatoms. The smallest absolute Gasteiger partial charge is 0.225 e. The number of hydrogen-bond acceptors (Lipinski definition) is 9. The highest BCUT2D eigenvalue weighted by atomic mass is 32.1. The Morgan fingerprint density at radius 1 is 1.29 bits per heavy atom. The lowest BCUT2D eigenvalue weighted by atomic mass is 9.99. The summed E-state index contributed by atoms with van der Waals surface area (Å²) < 4.78 is 6.47. The minimum atomic E-state index is -0.0319. The molecule has 0 aromatic carbocycles. The lowest BCUT2D eigenvalue weighted by molar-refractivity contribution is 0.0494. The zero-order chi connectivity index (χ0) is 21.2. The van der Waals surface area contributed by atoms with Crippen molar-refractivity contribution in [3.8, 4) is 11.9 Å². The molecular weight excluding hydrogens is 412 g/mol. The summed E-state index contributed by atoms with van der Waals surface area (Å²) in [4.78, 5) is 16.8. The highest BCUT2D eigenvalue weighted by Crippen LogP contribution is 2.38. The highest BCUT2D eigenvalue weighted by Gasteiger charge is 2.41. The summed E-state index contributed by atoms with van der Waals surface area (Å²) in [7, 11) is 0. The highest BCUT2D eigenvalue weighted by molar-refractivity contribution is 7.15. The summed E-state index contributed by atoms with van der Waals surface area (Å²) in [5.41, 5.74) is 0.809. The van der Waals surface area contributed by atoms with Crippen molar-refractivity contribution in [3.63, 3.8) is 0 Å². The summed E-state index contributed by atoms with van der Waals surface area (Å²) in [5.74, 6) is 1.20. The third-order valence-electron chi connectivity index (χ3n) is 6.11. The summed E-state index contributed by atoms with van der Waals surface area (Å²) in [6.45, 7) is 0.822. The molecule has 5 rings (SSSR count). The molecule has 5 heterocycles. The molecule has 3 aromatic heterocycles. The standard InChI is InChI=1S/C22H24N6O2S/c23-6-2-8-28-14-4-5-15(28)10-16(9-14)30-21-18-3-1-7-24-19(18)11-20(26-21)27-22-25-12-17(13-29)31-22/h1,3,7,11-12,14-16,29H,2,4-5,8-10,13H2,(H,25,26,27). The Hall–Kier alpha value is -2.80. The molecule has 31 heavy (non-hydrogen) atoms. The van der Waals surface area contributed by atoms with Crippen LogP contribution in [0.15, 0.2) is 30.6 Å². The average Bonchev–Trinajstić information content (AvgIpc) is 3.33. The van der Waals surface area contributed by atoms with Crippen LogP contribution in [0.5, 0.6) is 5.88 Å². The van der Waals surface area contributed by atoms with Gasteiger partial charge in [0.15, 0.2) is 5.13 Å². The van der Waals surface area contributed by atoms with E-state index in [1.807, 2.05) is 18.2 Å². The molecule has 2 bridgehead atoms. The van der Waals surface area contributed by atoms with Gasteiger partial charge in [-0.1, -0.05) is 11.3 Å². The number of piperidine rings is 1. The Balaban J connectivity index is 1.37. The second-order valence-corrected chi connectivity index (χ2v) is 9.15. The lowest BCUT2D eigenvalue weighted by Crippen LogP contribution is -2.46. The van der Waals surface area contributed by atoms with Crippen LogP contribution in [0.3, 0.4) is 0 Å². The summed E-state index contributed by atoms with van der Waals surface area (Å²) >= 11 is 1.39. The number of aliphatic hydroxyl groups excluding tert-OH is 1. The number of fused-ring (bicyclic) bond motifs is 3. The molecular formula is C22H24N6O2S. The van der Waals surface area contributed by atoms with Crippen molar-refractivity contribution in [1.29, 1.82) is 5.26 Å². The van der Waals surface area contributed by atoms with E-state index in [-0.39, 0.29) is 12.7 Å². The predicted octanol–water partition coefficient (Wildman–Crippen LogP) is 3.61. The van der Waals surface area contributed by atoms with Gasteiger partial charge in [0, 0.05) is 43.5 Å². The van der Waals surface area contributed by atoms with Crippen LogP contribution in [0, 0.1) is 11.3 Å². The Bertz CT molecular complexity index is 1100. The number of pyridine rings is 2. The molecule has 8 nitrogen and oxygen atoms in total. The van der Waals surface area contributed by atoms with E-state index in [0.29, 0.717) is 35.3 Å². The first kappa shape index (κ1) is 20.1. The van der Waals surface area contributed by atoms with Crippen LogP contribution in [0.2, 0.25) is 0 Å². The maximum Gasteiger partial charge on any atom is 0.225 e. The van der Waals surface area contributed by atoms with Crippen molar-refractivity contribution in [2.24, 2.45) is 0 Å². The maximum absolute atomic E-state index is 9.28. The zero-order valence-corrected chi connectivity index (χ0v) is 17.9. The Kier molecular flexibility index (Phi) is 5.68. The summed E-state index contributed by atoms with van der Waals surface area (Å²) in [6.07, 6.45) is 8.35. The molecule has 2 unspecified atom stereocenters. The number of thiazole rings is 1. The summed E-state index contributed by atoms with van der Waals surface area (Å²) in [6, 6.07) is 9.00. The number of aliphatic hydroxyl groups is 1. The molecule has 0 saturated carbocycles. The molecule has 2 N–H and O–H groups in total. The number of aromatic nitrogens is 3. The van der Waals surface area contributed by atoms with Crippen LogP contribution < -0.4 is 10.1 Å². The van der Waals surface area contributed by atoms with E-state index in [0.717, 1.165) is 35.2 Å². The largest absolute Gasteiger partial charge is 0.474 e. The average molecular weight is 437 g/mol. The first-order chi connectivity index (χ1) is 15.2. The number of hydrogen-bond donors (Lipinski definition) is 2. The second kappa shape index (κ2) is 8.75. The van der Waals surface area contributed by atoms with Crippen LogP contribution in [-0.4, -0.2) is 49.7 Å². The number of rotatable bonds is 7. The SMILES string of the molecule is N#CCCN1C2CCC1CC(Oc1nc(Nc3ncc(CO)s3)cc3ncccc13)C2. The Morgan fingerprint density at radius 3 is 2.87 bits per heavy atom. The van der Waals surface area contributed by atoms with E-state index >= 15 is 0 Å². The van der Waals surface area contributed by atoms with Crippen molar-refractivity contribution in [1.82, 2.24) is 19.9 Å². The molecule has 0 aliphatic carbocycles. The number of nitrogens with one attached hydrogen (secondary N) is 1. The topological polar surface area (TPSA) is 107 Å². The van der Waals surface area contributed by atoms with Crippen molar-refractivity contribution < 1.29 is 9.84 Å². The number of nitriles is 1. The molecule has 0 radical (unpaired) electrons. The van der Waals surface area contributed by atoms with Crippen LogP contribution >= 0.6 is 11.3 Å². The minimum absolute atomic E-state index is 0.0319. The van der Waals surface area contributed by atoms with E-state index in [1.165, 1.54) is 24.2 Å². The van der Waals surface area contributed by atoms with E-state index in [4.69, 9.17) is 15.0 Å². The molecule has 0 amide bonds. The van der Waals surface area contributed by atoms with E-state index in [1.54, 1.807) is 12.4 Å². The second-order valence-electron chi connectivity index (χ2n) is 8.04. The molecule has 2 fully saturated rings. The number of nitrogens with zero attached hydrogens (tertiary/aromatic N) is 5. The quantitative estimate of drug-likeness (QED) is 0.578. The van der Waals surface area contributed by atoms with Crippen molar-refractivity contribution >= 4 is 33.2 Å². The fourth-order valence-electron chi connectivity index (χ4n) is 4.77. The van der Waals surface area contributed by atoms with Crippen molar-refractivity contribution in [2.75, 3.05) is 11.9 Å². The van der Waals surface area contributed by atoms with Gasteiger partial charge in [-0.2, -0.15) is 10.2 Å². The van der Waals surface area contributed by atoms with Gasteiger partial charge in [0.25, 0.3) is 0 Å². The molecule has 2 atom stereocenters. The normalized spacial score (nSPS) is 23.0. The third-order valence-corrected chi connectivity index (χ3v) is 7.01. The van der Waals surface area contributed by atoms with Gasteiger partial charge in [-0.3, -0.25) is 9.88 Å². The van der Waals surface area contributed by atoms with Gasteiger partial charge in [0.2, 0.25) is 5.88 Å². The molecule has 0 spiro atoms. The third kappa shape index (κ3) is 4.19. The Morgan fingerprint density at radius 2 is 2.13 bits per heavy atom. The monoisotopic (exact) mass is 436 g/mol. The first-order valence-electron chi connectivity index (χ1n) is 10.6. The zero-order valence-electron chi connectivity index (χ0n) is 17.1. The first-order valence-corrected chi connectivity index (χ1v) is 11.4. The molecule has 2 aliphatic rings. The van der Waals surface area contributed by atoms with Gasteiger partial charge in [-0.05, 0) is 37.8 Å². The fourth-order valence-corrected chi connectivity index (χ4v) is 5.45. The van der Waals surface area contributed by atoms with Crippen LogP contribution in [0.25, 0.3) is 10.9 Å². The summed E-state index contributed by atoms with van der Waals surface area (Å²) in [5, 5.41) is 23.0. The number of ether oxygens (including phenoxy) is 1. The lowest BCUT2D eigenvalue weighted by Gasteiger charge is -2.38. The van der Waals surface area contributed by atoms with Gasteiger partial charge in [0.05, 0.1) is 28.5 Å². The Labute approximate surface area is 184 Å². The van der Waals surface area contributed by atoms with Crippen molar-refractivity contribution in [2.45, 2.75) is 56.9 Å². The predicted molar refractivity (Wildman–Crippen MR) is 118 cm³/mol. The van der Waals surface area contributed by atoms with E-state index < -0.39 is 0 Å².